The van der Waals surface area contributed by atoms with Crippen LogP contribution in [-0.4, -0.2) is 35.5 Å². The molecule has 0 aliphatic heterocycles. The number of carbonyl (C=O) groups excluding carboxylic acids is 2. The summed E-state index contributed by atoms with van der Waals surface area (Å²) in [5.74, 6) is 0.0641. The highest BCUT2D eigenvalue weighted by Crippen LogP contribution is 2.24. The molecule has 0 spiro atoms. The lowest BCUT2D eigenvalue weighted by Crippen LogP contribution is -2.27. The summed E-state index contributed by atoms with van der Waals surface area (Å²) in [4.78, 5) is 31.3. The smallest absolute Gasteiger partial charge is 0.307 e. The lowest BCUT2D eigenvalue weighted by atomic mass is 10.1. The molecule has 1 heterocycles. The van der Waals surface area contributed by atoms with Gasteiger partial charge in [0.05, 0.1) is 24.6 Å². The van der Waals surface area contributed by atoms with Crippen LogP contribution in [0.25, 0.3) is 11.0 Å². The normalized spacial score (nSPS) is 10.7. The molecule has 1 amide bonds. The quantitative estimate of drug-likeness (QED) is 0.494. The second-order valence-electron chi connectivity index (χ2n) is 5.59. The first-order valence-corrected chi connectivity index (χ1v) is 9.16. The van der Waals surface area contributed by atoms with Gasteiger partial charge in [0.15, 0.2) is 5.16 Å². The van der Waals surface area contributed by atoms with E-state index < -0.39 is 0 Å². The molecule has 0 aliphatic rings. The Balaban J connectivity index is 1.64. The van der Waals surface area contributed by atoms with Gasteiger partial charge in [-0.2, -0.15) is 0 Å². The maximum atomic E-state index is 12.4. The van der Waals surface area contributed by atoms with Crippen LogP contribution in [0.2, 0.25) is 0 Å². The molecular formula is C19H19N3O3S. The topological polar surface area (TPSA) is 84.1 Å². The number of amides is 1. The Labute approximate surface area is 155 Å². The molecule has 3 aromatic rings. The van der Waals surface area contributed by atoms with Crippen LogP contribution in [0.3, 0.4) is 0 Å². The molecule has 6 nitrogen and oxygen atoms in total. The number of para-hydroxylation sites is 2. The van der Waals surface area contributed by atoms with Crippen LogP contribution in [0.1, 0.15) is 22.3 Å². The van der Waals surface area contributed by atoms with Gasteiger partial charge in [0.2, 0.25) is 0 Å². The fourth-order valence-electron chi connectivity index (χ4n) is 2.49. The van der Waals surface area contributed by atoms with E-state index in [-0.39, 0.29) is 24.8 Å². The second kappa shape index (κ2) is 8.53. The number of hydrogen-bond acceptors (Lipinski definition) is 5. The number of fused-ring (bicyclic) bond motifs is 1. The third kappa shape index (κ3) is 4.43. The number of carbonyl (C=O) groups is 2. The molecular weight excluding hydrogens is 350 g/mol. The number of methoxy groups -OCH3 is 1. The maximum absolute atomic E-state index is 12.4. The number of hydrogen-bond donors (Lipinski definition) is 2. The number of aromatic amines is 1. The SMILES string of the molecule is COC(=O)CCNC(=O)c1ccccc1CSc1nc2ccccc2[nH]1. The zero-order valence-electron chi connectivity index (χ0n) is 14.3. The minimum atomic E-state index is -0.348. The first-order valence-electron chi connectivity index (χ1n) is 8.18. The van der Waals surface area contributed by atoms with Crippen molar-refractivity contribution in [1.82, 2.24) is 15.3 Å². The van der Waals surface area contributed by atoms with E-state index in [1.807, 2.05) is 42.5 Å². The van der Waals surface area contributed by atoms with Gasteiger partial charge in [0.1, 0.15) is 0 Å². The van der Waals surface area contributed by atoms with E-state index in [4.69, 9.17) is 0 Å². The summed E-state index contributed by atoms with van der Waals surface area (Å²) < 4.78 is 4.57. The van der Waals surface area contributed by atoms with Crippen molar-refractivity contribution in [3.63, 3.8) is 0 Å². The first kappa shape index (κ1) is 18.0. The Morgan fingerprint density at radius 1 is 1.15 bits per heavy atom. The number of aromatic nitrogens is 2. The Morgan fingerprint density at radius 3 is 2.73 bits per heavy atom. The van der Waals surface area contributed by atoms with Gasteiger partial charge in [-0.15, -0.1) is 0 Å². The molecule has 0 saturated carbocycles. The van der Waals surface area contributed by atoms with Gasteiger partial charge in [-0.25, -0.2) is 4.98 Å². The maximum Gasteiger partial charge on any atom is 0.307 e. The number of rotatable bonds is 7. The Bertz CT molecular complexity index is 890. The molecule has 7 heteroatoms. The number of benzene rings is 2. The Hall–Kier alpha value is -2.80. The molecule has 134 valence electrons. The third-order valence-corrected chi connectivity index (χ3v) is 4.76. The third-order valence-electron chi connectivity index (χ3n) is 3.84. The van der Waals surface area contributed by atoms with Crippen molar-refractivity contribution < 1.29 is 14.3 Å². The highest BCUT2D eigenvalue weighted by molar-refractivity contribution is 7.98. The van der Waals surface area contributed by atoms with Gasteiger partial charge in [-0.3, -0.25) is 9.59 Å². The van der Waals surface area contributed by atoms with E-state index in [1.165, 1.54) is 7.11 Å². The van der Waals surface area contributed by atoms with Crippen molar-refractivity contribution in [3.05, 3.63) is 59.7 Å². The summed E-state index contributed by atoms with van der Waals surface area (Å²) in [6.07, 6.45) is 0.151. The molecule has 26 heavy (non-hydrogen) atoms. The van der Waals surface area contributed by atoms with E-state index >= 15 is 0 Å². The number of nitrogens with zero attached hydrogens (tertiary/aromatic N) is 1. The van der Waals surface area contributed by atoms with Gasteiger partial charge in [0.25, 0.3) is 5.91 Å². The summed E-state index contributed by atoms with van der Waals surface area (Å²) in [5.41, 5.74) is 3.42. The number of ether oxygens (including phenoxy) is 1. The number of H-pyrrole nitrogens is 1. The summed E-state index contributed by atoms with van der Waals surface area (Å²) >= 11 is 1.54. The molecule has 0 radical (unpaired) electrons. The van der Waals surface area contributed by atoms with Crippen molar-refractivity contribution >= 4 is 34.7 Å². The molecule has 1 aromatic heterocycles. The predicted molar refractivity (Wildman–Crippen MR) is 101 cm³/mol. The summed E-state index contributed by atoms with van der Waals surface area (Å²) in [7, 11) is 1.33. The van der Waals surface area contributed by atoms with Crippen LogP contribution in [-0.2, 0) is 15.3 Å². The van der Waals surface area contributed by atoms with Crippen LogP contribution in [0.5, 0.6) is 0 Å². The number of esters is 1. The molecule has 0 aliphatic carbocycles. The number of thioether (sulfide) groups is 1. The standard InChI is InChI=1S/C19H19N3O3S/c1-25-17(23)10-11-20-18(24)14-7-3-2-6-13(14)12-26-19-21-15-8-4-5-9-16(15)22-19/h2-9H,10-12H2,1H3,(H,20,24)(H,21,22). The lowest BCUT2D eigenvalue weighted by molar-refractivity contribution is -0.140. The molecule has 0 unspecified atom stereocenters. The van der Waals surface area contributed by atoms with Crippen molar-refractivity contribution in [3.8, 4) is 0 Å². The Morgan fingerprint density at radius 2 is 1.92 bits per heavy atom. The zero-order chi connectivity index (χ0) is 18.4. The molecule has 0 bridgehead atoms. The summed E-state index contributed by atoms with van der Waals surface area (Å²) in [5, 5.41) is 3.56. The van der Waals surface area contributed by atoms with Crippen LogP contribution < -0.4 is 5.32 Å². The van der Waals surface area contributed by atoms with E-state index in [0.29, 0.717) is 11.3 Å². The lowest BCUT2D eigenvalue weighted by Gasteiger charge is -2.09. The molecule has 3 rings (SSSR count). The first-order chi connectivity index (χ1) is 12.7. The zero-order valence-corrected chi connectivity index (χ0v) is 15.1. The molecule has 0 fully saturated rings. The number of imidazole rings is 1. The van der Waals surface area contributed by atoms with Crippen molar-refractivity contribution in [2.24, 2.45) is 0 Å². The minimum absolute atomic E-state index is 0.151. The van der Waals surface area contributed by atoms with Gasteiger partial charge >= 0.3 is 5.97 Å². The number of nitrogens with one attached hydrogen (secondary N) is 2. The van der Waals surface area contributed by atoms with Gasteiger partial charge in [-0.05, 0) is 23.8 Å². The second-order valence-corrected chi connectivity index (χ2v) is 6.55. The van der Waals surface area contributed by atoms with E-state index in [1.54, 1.807) is 17.8 Å². The van der Waals surface area contributed by atoms with Gasteiger partial charge in [0, 0.05) is 17.9 Å². The molecule has 0 atom stereocenters. The van der Waals surface area contributed by atoms with Crippen LogP contribution in [0.15, 0.2) is 53.7 Å². The Kier molecular flexibility index (Phi) is 5.91. The van der Waals surface area contributed by atoms with Crippen LogP contribution in [0.4, 0.5) is 0 Å². The fraction of sp³-hybridized carbons (Fsp3) is 0.211. The average molecular weight is 369 g/mol. The fourth-order valence-corrected chi connectivity index (χ4v) is 3.38. The van der Waals surface area contributed by atoms with Crippen molar-refractivity contribution in [1.29, 1.82) is 0 Å². The van der Waals surface area contributed by atoms with Gasteiger partial charge < -0.3 is 15.0 Å². The monoisotopic (exact) mass is 369 g/mol. The summed E-state index contributed by atoms with van der Waals surface area (Å²) in [6.45, 7) is 0.247. The van der Waals surface area contributed by atoms with Crippen LogP contribution in [0, 0.1) is 0 Å². The minimum Gasteiger partial charge on any atom is -0.469 e. The highest BCUT2D eigenvalue weighted by Gasteiger charge is 2.12. The van der Waals surface area contributed by atoms with Crippen molar-refractivity contribution in [2.75, 3.05) is 13.7 Å². The van der Waals surface area contributed by atoms with Crippen molar-refractivity contribution in [2.45, 2.75) is 17.3 Å². The van der Waals surface area contributed by atoms with Gasteiger partial charge in [-0.1, -0.05) is 42.1 Å². The average Bonchev–Trinajstić information content (AvgIpc) is 3.09. The summed E-state index contributed by atoms with van der Waals surface area (Å²) in [6, 6.07) is 15.3. The van der Waals surface area contributed by atoms with E-state index in [9.17, 15) is 9.59 Å². The molecule has 2 aromatic carbocycles. The molecule has 0 saturated heterocycles. The largest absolute Gasteiger partial charge is 0.469 e. The van der Waals surface area contributed by atoms with Crippen LogP contribution >= 0.6 is 11.8 Å². The highest BCUT2D eigenvalue weighted by atomic mass is 32.2. The van der Waals surface area contributed by atoms with E-state index in [0.717, 1.165) is 21.8 Å². The van der Waals surface area contributed by atoms with E-state index in [2.05, 4.69) is 20.0 Å². The molecule has 2 N–H and O–H groups in total. The predicted octanol–water partition coefficient (Wildman–Crippen LogP) is 3.15.